The van der Waals surface area contributed by atoms with Crippen molar-refractivity contribution >= 4 is 26.7 Å². The topological polar surface area (TPSA) is 94.8 Å². The predicted octanol–water partition coefficient (Wildman–Crippen LogP) is 2.37. The number of ether oxygens (including phenoxy) is 2. The van der Waals surface area contributed by atoms with Crippen LogP contribution in [0.5, 0.6) is 11.5 Å². The third-order valence-corrected chi connectivity index (χ3v) is 5.07. The first kappa shape index (κ1) is 15.5. The Morgan fingerprint density at radius 1 is 0.880 bits per heavy atom. The molecule has 2 heterocycles. The summed E-state index contributed by atoms with van der Waals surface area (Å²) in [5.74, 6) is 1.07. The molecule has 25 heavy (non-hydrogen) atoms. The van der Waals surface area contributed by atoms with Crippen LogP contribution in [0.4, 0.5) is 5.69 Å². The van der Waals surface area contributed by atoms with Gasteiger partial charge < -0.3 is 13.9 Å². The minimum absolute atomic E-state index is 0.0590. The number of nitrogens with one attached hydrogen (secondary N) is 1. The average Bonchev–Trinajstić information content (AvgIpc) is 2.60. The van der Waals surface area contributed by atoms with Crippen LogP contribution in [-0.2, 0) is 10.0 Å². The fraction of sp³-hybridized carbons (Fsp3) is 0.118. The molecule has 0 fully saturated rings. The molecule has 8 heteroatoms. The molecule has 0 spiro atoms. The van der Waals surface area contributed by atoms with Crippen molar-refractivity contribution in [2.75, 3.05) is 17.9 Å². The Bertz CT molecular complexity index is 1120. The summed E-state index contributed by atoms with van der Waals surface area (Å²) in [6.45, 7) is 0.879. The van der Waals surface area contributed by atoms with Crippen LogP contribution in [0.2, 0.25) is 0 Å². The number of hydrogen-bond donors (Lipinski definition) is 1. The highest BCUT2D eigenvalue weighted by Gasteiger charge is 2.18. The van der Waals surface area contributed by atoms with Gasteiger partial charge in [0.1, 0.15) is 18.8 Å². The van der Waals surface area contributed by atoms with Gasteiger partial charge in [-0.05, 0) is 36.4 Å². The monoisotopic (exact) mass is 359 g/mol. The molecule has 0 radical (unpaired) electrons. The highest BCUT2D eigenvalue weighted by molar-refractivity contribution is 7.92. The highest BCUT2D eigenvalue weighted by atomic mass is 32.2. The van der Waals surface area contributed by atoms with Crippen molar-refractivity contribution in [1.29, 1.82) is 0 Å². The van der Waals surface area contributed by atoms with Gasteiger partial charge in [0, 0.05) is 17.5 Å². The number of anilines is 1. The number of benzene rings is 2. The van der Waals surface area contributed by atoms with E-state index in [1.807, 2.05) is 0 Å². The average molecular weight is 359 g/mol. The van der Waals surface area contributed by atoms with Gasteiger partial charge in [0.25, 0.3) is 10.0 Å². The van der Waals surface area contributed by atoms with Crippen LogP contribution in [0, 0.1) is 0 Å². The predicted molar refractivity (Wildman–Crippen MR) is 90.7 cm³/mol. The standard InChI is InChI=1S/C17H13NO6S/c19-17-6-1-11-9-13(3-5-14(11)24-17)25(20,21)18-12-2-4-15-16(10-12)23-8-7-22-15/h1-6,9-10,18H,7-8H2. The summed E-state index contributed by atoms with van der Waals surface area (Å²) in [5.41, 5.74) is 0.201. The molecule has 1 aliphatic heterocycles. The van der Waals surface area contributed by atoms with Crippen LogP contribution in [0.1, 0.15) is 0 Å². The Balaban J connectivity index is 1.67. The van der Waals surface area contributed by atoms with Crippen molar-refractivity contribution < 1.29 is 22.3 Å². The van der Waals surface area contributed by atoms with E-state index in [2.05, 4.69) is 4.72 Å². The van der Waals surface area contributed by atoms with E-state index in [9.17, 15) is 13.2 Å². The van der Waals surface area contributed by atoms with Crippen molar-refractivity contribution in [3.05, 3.63) is 59.0 Å². The summed E-state index contributed by atoms with van der Waals surface area (Å²) in [4.78, 5) is 11.3. The molecule has 0 amide bonds. The smallest absolute Gasteiger partial charge is 0.336 e. The maximum Gasteiger partial charge on any atom is 0.336 e. The lowest BCUT2D eigenvalue weighted by Gasteiger charge is -2.19. The Hall–Kier alpha value is -3.00. The van der Waals surface area contributed by atoms with Gasteiger partial charge in [-0.25, -0.2) is 13.2 Å². The first-order valence-corrected chi connectivity index (χ1v) is 8.96. The second-order valence-electron chi connectivity index (χ2n) is 5.42. The van der Waals surface area contributed by atoms with E-state index >= 15 is 0 Å². The molecule has 0 saturated carbocycles. The van der Waals surface area contributed by atoms with Gasteiger partial charge in [-0.1, -0.05) is 0 Å². The second kappa shape index (κ2) is 5.82. The summed E-state index contributed by atoms with van der Waals surface area (Å²) >= 11 is 0. The molecule has 7 nitrogen and oxygen atoms in total. The van der Waals surface area contributed by atoms with E-state index in [0.717, 1.165) is 0 Å². The maximum absolute atomic E-state index is 12.6. The lowest BCUT2D eigenvalue weighted by molar-refractivity contribution is 0.171. The number of rotatable bonds is 3. The molecular weight excluding hydrogens is 346 g/mol. The zero-order chi connectivity index (χ0) is 17.4. The molecule has 0 saturated heterocycles. The molecule has 2 aromatic carbocycles. The minimum atomic E-state index is -3.81. The van der Waals surface area contributed by atoms with Gasteiger partial charge in [-0.2, -0.15) is 0 Å². The number of sulfonamides is 1. The Morgan fingerprint density at radius 2 is 1.68 bits per heavy atom. The molecular formula is C17H13NO6S. The lowest BCUT2D eigenvalue weighted by atomic mass is 10.2. The summed E-state index contributed by atoms with van der Waals surface area (Å²) in [6, 6.07) is 11.9. The maximum atomic E-state index is 12.6. The largest absolute Gasteiger partial charge is 0.486 e. The number of fused-ring (bicyclic) bond motifs is 2. The lowest BCUT2D eigenvalue weighted by Crippen LogP contribution is -2.16. The molecule has 128 valence electrons. The third kappa shape index (κ3) is 3.03. The van der Waals surface area contributed by atoms with Gasteiger partial charge in [-0.3, -0.25) is 4.72 Å². The summed E-state index contributed by atoms with van der Waals surface area (Å²) in [6.07, 6.45) is 0. The molecule has 0 bridgehead atoms. The SMILES string of the molecule is O=c1ccc2cc(S(=O)(=O)Nc3ccc4c(c3)OCCO4)ccc2o1. The van der Waals surface area contributed by atoms with Crippen LogP contribution >= 0.6 is 0 Å². The van der Waals surface area contributed by atoms with Crippen molar-refractivity contribution in [3.8, 4) is 11.5 Å². The second-order valence-corrected chi connectivity index (χ2v) is 7.10. The van der Waals surface area contributed by atoms with Crippen molar-refractivity contribution in [2.45, 2.75) is 4.90 Å². The normalized spacial score (nSPS) is 13.6. The van der Waals surface area contributed by atoms with E-state index < -0.39 is 15.6 Å². The fourth-order valence-corrected chi connectivity index (χ4v) is 3.62. The zero-order valence-electron chi connectivity index (χ0n) is 12.9. The van der Waals surface area contributed by atoms with Crippen molar-refractivity contribution in [1.82, 2.24) is 0 Å². The molecule has 1 N–H and O–H groups in total. The van der Waals surface area contributed by atoms with E-state index in [1.165, 1.54) is 30.3 Å². The van der Waals surface area contributed by atoms with Crippen molar-refractivity contribution in [3.63, 3.8) is 0 Å². The van der Waals surface area contributed by atoms with E-state index in [0.29, 0.717) is 41.4 Å². The molecule has 4 rings (SSSR count). The minimum Gasteiger partial charge on any atom is -0.486 e. The zero-order valence-corrected chi connectivity index (χ0v) is 13.7. The fourth-order valence-electron chi connectivity index (χ4n) is 2.54. The van der Waals surface area contributed by atoms with E-state index in [1.54, 1.807) is 18.2 Å². The van der Waals surface area contributed by atoms with Crippen molar-refractivity contribution in [2.24, 2.45) is 0 Å². The van der Waals surface area contributed by atoms with Crippen LogP contribution in [-0.4, -0.2) is 21.6 Å². The first-order valence-electron chi connectivity index (χ1n) is 7.48. The van der Waals surface area contributed by atoms with E-state index in [4.69, 9.17) is 13.9 Å². The van der Waals surface area contributed by atoms with Crippen LogP contribution in [0.3, 0.4) is 0 Å². The van der Waals surface area contributed by atoms with Gasteiger partial charge in [-0.15, -0.1) is 0 Å². The van der Waals surface area contributed by atoms with Crippen LogP contribution in [0.25, 0.3) is 11.0 Å². The summed E-state index contributed by atoms with van der Waals surface area (Å²) < 4.78 is 43.6. The summed E-state index contributed by atoms with van der Waals surface area (Å²) in [5, 5.41) is 0.518. The molecule has 3 aromatic rings. The molecule has 1 aromatic heterocycles. The summed E-state index contributed by atoms with van der Waals surface area (Å²) in [7, 11) is -3.81. The Morgan fingerprint density at radius 3 is 2.52 bits per heavy atom. The van der Waals surface area contributed by atoms with Gasteiger partial charge in [0.2, 0.25) is 0 Å². The Labute approximate surface area is 142 Å². The highest BCUT2D eigenvalue weighted by Crippen LogP contribution is 2.33. The van der Waals surface area contributed by atoms with Gasteiger partial charge >= 0.3 is 5.63 Å². The Kier molecular flexibility index (Phi) is 3.61. The molecule has 1 aliphatic rings. The van der Waals surface area contributed by atoms with Crippen LogP contribution in [0.15, 0.2) is 62.6 Å². The van der Waals surface area contributed by atoms with E-state index in [-0.39, 0.29) is 4.90 Å². The first-order chi connectivity index (χ1) is 12.0. The van der Waals surface area contributed by atoms with Gasteiger partial charge in [0.05, 0.1) is 10.6 Å². The number of hydrogen-bond acceptors (Lipinski definition) is 6. The molecule has 0 aliphatic carbocycles. The third-order valence-electron chi connectivity index (χ3n) is 3.70. The van der Waals surface area contributed by atoms with Gasteiger partial charge in [0.15, 0.2) is 11.5 Å². The van der Waals surface area contributed by atoms with Crippen LogP contribution < -0.4 is 19.8 Å². The quantitative estimate of drug-likeness (QED) is 0.722. The molecule has 0 unspecified atom stereocenters. The molecule has 0 atom stereocenters.